The monoisotopic (exact) mass is 286 g/mol. The zero-order chi connectivity index (χ0) is 10.7. The first-order valence-corrected chi connectivity index (χ1v) is 6.16. The highest BCUT2D eigenvalue weighted by molar-refractivity contribution is 9.10. The SMILES string of the molecule is Cc1sc(CNCc2ncn[nH]2)cc1Br. The summed E-state index contributed by atoms with van der Waals surface area (Å²) in [6.45, 7) is 3.68. The molecule has 0 spiro atoms. The highest BCUT2D eigenvalue weighted by Crippen LogP contribution is 2.25. The number of halogens is 1. The topological polar surface area (TPSA) is 53.6 Å². The van der Waals surface area contributed by atoms with Gasteiger partial charge in [-0.25, -0.2) is 4.98 Å². The van der Waals surface area contributed by atoms with Crippen LogP contribution in [0.5, 0.6) is 0 Å². The van der Waals surface area contributed by atoms with Gasteiger partial charge in [0.15, 0.2) is 0 Å². The van der Waals surface area contributed by atoms with Gasteiger partial charge in [0.1, 0.15) is 12.2 Å². The molecule has 4 nitrogen and oxygen atoms in total. The Morgan fingerprint density at radius 3 is 3.00 bits per heavy atom. The standard InChI is InChI=1S/C9H11BrN4S/c1-6-8(10)2-7(15-6)3-11-4-9-12-5-13-14-9/h2,5,11H,3-4H2,1H3,(H,12,13,14). The van der Waals surface area contributed by atoms with Gasteiger partial charge < -0.3 is 5.32 Å². The maximum absolute atomic E-state index is 4.04. The lowest BCUT2D eigenvalue weighted by molar-refractivity contribution is 0.671. The molecule has 0 bridgehead atoms. The van der Waals surface area contributed by atoms with Gasteiger partial charge in [-0.3, -0.25) is 5.10 Å². The van der Waals surface area contributed by atoms with Crippen molar-refractivity contribution in [3.63, 3.8) is 0 Å². The number of H-pyrrole nitrogens is 1. The third-order valence-electron chi connectivity index (χ3n) is 1.96. The summed E-state index contributed by atoms with van der Waals surface area (Å²) < 4.78 is 1.18. The van der Waals surface area contributed by atoms with Gasteiger partial charge in [-0.15, -0.1) is 11.3 Å². The number of hydrogen-bond donors (Lipinski definition) is 2. The molecule has 0 radical (unpaired) electrons. The van der Waals surface area contributed by atoms with Gasteiger partial charge in [0, 0.05) is 20.8 Å². The van der Waals surface area contributed by atoms with Crippen molar-refractivity contribution in [3.8, 4) is 0 Å². The quantitative estimate of drug-likeness (QED) is 0.906. The third-order valence-corrected chi connectivity index (χ3v) is 4.10. The molecule has 2 rings (SSSR count). The number of nitrogens with one attached hydrogen (secondary N) is 2. The molecule has 2 heterocycles. The molecule has 0 aliphatic heterocycles. The molecular weight excluding hydrogens is 276 g/mol. The van der Waals surface area contributed by atoms with Crippen molar-refractivity contribution in [2.45, 2.75) is 20.0 Å². The largest absolute Gasteiger partial charge is 0.305 e. The average molecular weight is 287 g/mol. The van der Waals surface area contributed by atoms with E-state index >= 15 is 0 Å². The first kappa shape index (κ1) is 10.8. The Kier molecular flexibility index (Phi) is 3.50. The van der Waals surface area contributed by atoms with Crippen LogP contribution in [-0.2, 0) is 13.1 Å². The van der Waals surface area contributed by atoms with Crippen molar-refractivity contribution >= 4 is 27.3 Å². The van der Waals surface area contributed by atoms with E-state index in [1.54, 1.807) is 11.3 Å². The van der Waals surface area contributed by atoms with Crippen LogP contribution in [0, 0.1) is 6.92 Å². The van der Waals surface area contributed by atoms with Gasteiger partial charge in [-0.2, -0.15) is 5.10 Å². The van der Waals surface area contributed by atoms with E-state index in [2.05, 4.69) is 49.4 Å². The summed E-state index contributed by atoms with van der Waals surface area (Å²) in [6.07, 6.45) is 1.52. The molecule has 0 saturated carbocycles. The van der Waals surface area contributed by atoms with Crippen LogP contribution in [-0.4, -0.2) is 15.2 Å². The molecule has 6 heteroatoms. The summed E-state index contributed by atoms with van der Waals surface area (Å²) in [5.74, 6) is 0.863. The summed E-state index contributed by atoms with van der Waals surface area (Å²) in [6, 6.07) is 2.15. The van der Waals surface area contributed by atoms with Crippen molar-refractivity contribution < 1.29 is 0 Å². The Hall–Kier alpha value is -0.720. The van der Waals surface area contributed by atoms with Gasteiger partial charge in [0.25, 0.3) is 0 Å². The highest BCUT2D eigenvalue weighted by Gasteiger charge is 2.02. The van der Waals surface area contributed by atoms with Crippen LogP contribution in [0.3, 0.4) is 0 Å². The molecule has 2 N–H and O–H groups in total. The summed E-state index contributed by atoms with van der Waals surface area (Å²) >= 11 is 5.30. The molecule has 0 unspecified atom stereocenters. The van der Waals surface area contributed by atoms with Gasteiger partial charge in [-0.05, 0) is 28.9 Å². The second kappa shape index (κ2) is 4.87. The van der Waals surface area contributed by atoms with Crippen LogP contribution in [0.2, 0.25) is 0 Å². The lowest BCUT2D eigenvalue weighted by atomic mass is 10.4. The van der Waals surface area contributed by atoms with E-state index in [0.29, 0.717) is 6.54 Å². The summed E-state index contributed by atoms with van der Waals surface area (Å²) in [5.41, 5.74) is 0. The molecular formula is C9H11BrN4S. The lowest BCUT2D eigenvalue weighted by Gasteiger charge is -1.98. The van der Waals surface area contributed by atoms with Crippen molar-refractivity contribution in [2.24, 2.45) is 0 Å². The molecule has 0 aromatic carbocycles. The first-order chi connectivity index (χ1) is 7.25. The van der Waals surface area contributed by atoms with Crippen LogP contribution in [0.15, 0.2) is 16.9 Å². The molecule has 15 heavy (non-hydrogen) atoms. The average Bonchev–Trinajstić information content (AvgIpc) is 2.79. The smallest absolute Gasteiger partial charge is 0.138 e. The fraction of sp³-hybridized carbons (Fsp3) is 0.333. The first-order valence-electron chi connectivity index (χ1n) is 4.55. The maximum Gasteiger partial charge on any atom is 0.138 e. The third kappa shape index (κ3) is 2.87. The van der Waals surface area contributed by atoms with Gasteiger partial charge in [0.05, 0.1) is 6.54 Å². The Bertz CT molecular complexity index is 404. The Labute approximate surface area is 100 Å². The van der Waals surface area contributed by atoms with Crippen molar-refractivity contribution in [2.75, 3.05) is 0 Å². The summed E-state index contributed by atoms with van der Waals surface area (Å²) in [4.78, 5) is 6.67. The van der Waals surface area contributed by atoms with Gasteiger partial charge >= 0.3 is 0 Å². The van der Waals surface area contributed by atoms with Crippen LogP contribution < -0.4 is 5.32 Å². The van der Waals surface area contributed by atoms with Crippen LogP contribution in [0.1, 0.15) is 15.6 Å². The number of aryl methyl sites for hydroxylation is 1. The van der Waals surface area contributed by atoms with Gasteiger partial charge in [-0.1, -0.05) is 0 Å². The molecule has 2 aromatic heterocycles. The molecule has 0 fully saturated rings. The van der Waals surface area contributed by atoms with E-state index in [-0.39, 0.29) is 0 Å². The van der Waals surface area contributed by atoms with Crippen LogP contribution in [0.4, 0.5) is 0 Å². The molecule has 0 aliphatic carbocycles. The zero-order valence-electron chi connectivity index (χ0n) is 8.25. The predicted octanol–water partition coefficient (Wildman–Crippen LogP) is 2.23. The number of nitrogens with zero attached hydrogens (tertiary/aromatic N) is 2. The maximum atomic E-state index is 4.04. The normalized spacial score (nSPS) is 10.8. The van der Waals surface area contributed by atoms with E-state index in [1.165, 1.54) is 20.6 Å². The fourth-order valence-corrected chi connectivity index (χ4v) is 2.80. The number of aromatic amines is 1. The summed E-state index contributed by atoms with van der Waals surface area (Å²) in [7, 11) is 0. The number of hydrogen-bond acceptors (Lipinski definition) is 4. The highest BCUT2D eigenvalue weighted by atomic mass is 79.9. The minimum Gasteiger partial charge on any atom is -0.305 e. The lowest BCUT2D eigenvalue weighted by Crippen LogP contribution is -2.12. The fourth-order valence-electron chi connectivity index (χ4n) is 1.23. The molecule has 0 amide bonds. The number of aromatic nitrogens is 3. The van der Waals surface area contributed by atoms with Crippen molar-refractivity contribution in [3.05, 3.63) is 32.4 Å². The minimum atomic E-state index is 0.717. The Morgan fingerprint density at radius 2 is 2.40 bits per heavy atom. The van der Waals surface area contributed by atoms with Crippen molar-refractivity contribution in [1.82, 2.24) is 20.5 Å². The van der Waals surface area contributed by atoms with Crippen molar-refractivity contribution in [1.29, 1.82) is 0 Å². The molecule has 2 aromatic rings. The minimum absolute atomic E-state index is 0.717. The van der Waals surface area contributed by atoms with Crippen LogP contribution >= 0.6 is 27.3 Å². The van der Waals surface area contributed by atoms with E-state index in [0.717, 1.165) is 12.4 Å². The number of rotatable bonds is 4. The molecule has 0 aliphatic rings. The zero-order valence-corrected chi connectivity index (χ0v) is 10.7. The van der Waals surface area contributed by atoms with E-state index in [9.17, 15) is 0 Å². The number of thiophene rings is 1. The van der Waals surface area contributed by atoms with Crippen LogP contribution in [0.25, 0.3) is 0 Å². The molecule has 80 valence electrons. The van der Waals surface area contributed by atoms with E-state index < -0.39 is 0 Å². The Balaban J connectivity index is 1.83. The molecule has 0 atom stereocenters. The summed E-state index contributed by atoms with van der Waals surface area (Å²) in [5, 5.41) is 9.90. The van der Waals surface area contributed by atoms with E-state index in [1.807, 2.05) is 0 Å². The molecule has 0 saturated heterocycles. The second-order valence-electron chi connectivity index (χ2n) is 3.15. The van der Waals surface area contributed by atoms with E-state index in [4.69, 9.17) is 0 Å². The second-order valence-corrected chi connectivity index (χ2v) is 5.35. The Morgan fingerprint density at radius 1 is 1.53 bits per heavy atom. The van der Waals surface area contributed by atoms with Gasteiger partial charge in [0.2, 0.25) is 0 Å². The predicted molar refractivity (Wildman–Crippen MR) is 63.7 cm³/mol.